The van der Waals surface area contributed by atoms with Gasteiger partial charge in [-0.05, 0) is 44.7 Å². The number of hydrogen-bond donors (Lipinski definition) is 2. The fourth-order valence-electron chi connectivity index (χ4n) is 3.16. The number of carbonyl (C=O) groups excluding carboxylic acids is 2. The fourth-order valence-corrected chi connectivity index (χ4v) is 3.16. The van der Waals surface area contributed by atoms with E-state index in [2.05, 4.69) is 5.32 Å². The SMILES string of the molecule is CN1c2c(CCC(C=O)NC(=O)OC(C)(C)C)cccc2CC1C(=O)O. The number of carbonyl (C=O) groups is 3. The van der Waals surface area contributed by atoms with Gasteiger partial charge in [-0.15, -0.1) is 0 Å². The quantitative estimate of drug-likeness (QED) is 0.753. The van der Waals surface area contributed by atoms with Crippen molar-refractivity contribution in [1.29, 1.82) is 0 Å². The van der Waals surface area contributed by atoms with Gasteiger partial charge in [-0.2, -0.15) is 0 Å². The van der Waals surface area contributed by atoms with Gasteiger partial charge in [0.25, 0.3) is 0 Å². The molecule has 26 heavy (non-hydrogen) atoms. The van der Waals surface area contributed by atoms with Gasteiger partial charge in [0, 0.05) is 19.2 Å². The lowest BCUT2D eigenvalue weighted by Crippen LogP contribution is -2.40. The Labute approximate surface area is 153 Å². The summed E-state index contributed by atoms with van der Waals surface area (Å²) in [5.41, 5.74) is 2.22. The van der Waals surface area contributed by atoms with Crippen LogP contribution in [0.5, 0.6) is 0 Å². The number of amides is 1. The van der Waals surface area contributed by atoms with Crippen LogP contribution in [0.2, 0.25) is 0 Å². The van der Waals surface area contributed by atoms with E-state index in [0.29, 0.717) is 25.5 Å². The van der Waals surface area contributed by atoms with Crippen LogP contribution in [0.4, 0.5) is 10.5 Å². The van der Waals surface area contributed by atoms with Gasteiger partial charge in [0.2, 0.25) is 0 Å². The van der Waals surface area contributed by atoms with Crippen molar-refractivity contribution in [2.24, 2.45) is 0 Å². The van der Waals surface area contributed by atoms with Gasteiger partial charge in [-0.1, -0.05) is 18.2 Å². The number of benzene rings is 1. The summed E-state index contributed by atoms with van der Waals surface area (Å²) in [6, 6.07) is 4.50. The van der Waals surface area contributed by atoms with Crippen LogP contribution in [0.3, 0.4) is 0 Å². The smallest absolute Gasteiger partial charge is 0.408 e. The number of aryl methyl sites for hydroxylation is 1. The molecule has 0 saturated heterocycles. The van der Waals surface area contributed by atoms with Crippen molar-refractivity contribution < 1.29 is 24.2 Å². The molecule has 2 rings (SSSR count). The van der Waals surface area contributed by atoms with Crippen molar-refractivity contribution in [3.8, 4) is 0 Å². The molecule has 0 saturated carbocycles. The highest BCUT2D eigenvalue weighted by molar-refractivity contribution is 5.83. The Bertz CT molecular complexity index is 696. The van der Waals surface area contributed by atoms with Crippen molar-refractivity contribution >= 4 is 24.0 Å². The number of nitrogens with one attached hydrogen (secondary N) is 1. The molecule has 2 atom stereocenters. The van der Waals surface area contributed by atoms with Crippen LogP contribution in [-0.4, -0.2) is 48.2 Å². The molecule has 2 N–H and O–H groups in total. The Kier molecular flexibility index (Phi) is 5.90. The molecule has 142 valence electrons. The van der Waals surface area contributed by atoms with Gasteiger partial charge in [0.05, 0.1) is 6.04 Å². The third-order valence-corrected chi connectivity index (χ3v) is 4.31. The second kappa shape index (κ2) is 7.76. The summed E-state index contributed by atoms with van der Waals surface area (Å²) in [6.45, 7) is 5.26. The summed E-state index contributed by atoms with van der Waals surface area (Å²) in [5.74, 6) is -0.855. The average molecular weight is 362 g/mol. The number of carboxylic acids is 1. The van der Waals surface area contributed by atoms with Crippen LogP contribution >= 0.6 is 0 Å². The Hall–Kier alpha value is -2.57. The van der Waals surface area contributed by atoms with Gasteiger partial charge in [-0.25, -0.2) is 9.59 Å². The molecule has 0 bridgehead atoms. The molecule has 1 heterocycles. The van der Waals surface area contributed by atoms with Gasteiger partial charge in [0.15, 0.2) is 0 Å². The van der Waals surface area contributed by atoms with E-state index in [1.54, 1.807) is 32.7 Å². The first-order valence-electron chi connectivity index (χ1n) is 8.63. The molecule has 0 spiro atoms. The van der Waals surface area contributed by atoms with E-state index in [0.717, 1.165) is 16.8 Å². The first kappa shape index (κ1) is 19.8. The zero-order valence-corrected chi connectivity index (χ0v) is 15.6. The zero-order chi connectivity index (χ0) is 19.5. The monoisotopic (exact) mass is 362 g/mol. The lowest BCUT2D eigenvalue weighted by Gasteiger charge is -2.23. The van der Waals surface area contributed by atoms with E-state index in [1.807, 2.05) is 18.2 Å². The first-order chi connectivity index (χ1) is 12.1. The van der Waals surface area contributed by atoms with Gasteiger partial charge in [0.1, 0.15) is 17.9 Å². The molecule has 0 fully saturated rings. The van der Waals surface area contributed by atoms with E-state index in [-0.39, 0.29) is 0 Å². The zero-order valence-electron chi connectivity index (χ0n) is 15.6. The maximum atomic E-state index is 11.8. The van der Waals surface area contributed by atoms with E-state index < -0.39 is 29.7 Å². The number of aliphatic carboxylic acids is 1. The van der Waals surface area contributed by atoms with Crippen molar-refractivity contribution in [3.05, 3.63) is 29.3 Å². The largest absolute Gasteiger partial charge is 0.480 e. The molecular formula is C19H26N2O5. The lowest BCUT2D eigenvalue weighted by atomic mass is 10.0. The maximum Gasteiger partial charge on any atom is 0.408 e. The highest BCUT2D eigenvalue weighted by Gasteiger charge is 2.33. The van der Waals surface area contributed by atoms with E-state index in [1.165, 1.54) is 0 Å². The minimum absolute atomic E-state index is 0.408. The van der Waals surface area contributed by atoms with Crippen LogP contribution < -0.4 is 10.2 Å². The molecule has 1 aliphatic rings. The van der Waals surface area contributed by atoms with Gasteiger partial charge < -0.3 is 24.9 Å². The molecule has 1 aromatic rings. The highest BCUT2D eigenvalue weighted by atomic mass is 16.6. The number of carboxylic acid groups (broad SMARTS) is 1. The van der Waals surface area contributed by atoms with Crippen molar-refractivity contribution in [2.75, 3.05) is 11.9 Å². The summed E-state index contributed by atoms with van der Waals surface area (Å²) in [5, 5.41) is 11.9. The summed E-state index contributed by atoms with van der Waals surface area (Å²) < 4.78 is 5.17. The molecule has 1 aliphatic heterocycles. The third-order valence-electron chi connectivity index (χ3n) is 4.31. The van der Waals surface area contributed by atoms with Crippen LogP contribution in [0.15, 0.2) is 18.2 Å². The summed E-state index contributed by atoms with van der Waals surface area (Å²) in [7, 11) is 1.77. The normalized spacial score (nSPS) is 17.4. The number of alkyl carbamates (subject to hydrolysis) is 1. The lowest BCUT2D eigenvalue weighted by molar-refractivity contribution is -0.138. The molecule has 1 amide bonds. The number of likely N-dealkylation sites (N-methyl/N-ethyl adjacent to an activating group) is 1. The van der Waals surface area contributed by atoms with Crippen LogP contribution in [-0.2, 0) is 27.2 Å². The summed E-state index contributed by atoms with van der Waals surface area (Å²) in [6.07, 6.45) is 1.47. The van der Waals surface area contributed by atoms with Crippen LogP contribution in [0.25, 0.3) is 0 Å². The predicted molar refractivity (Wildman–Crippen MR) is 97.5 cm³/mol. The number of rotatable bonds is 6. The number of anilines is 1. The summed E-state index contributed by atoms with van der Waals surface area (Å²) >= 11 is 0. The molecule has 0 aromatic heterocycles. The van der Waals surface area contributed by atoms with Crippen LogP contribution in [0.1, 0.15) is 38.3 Å². The number of aldehydes is 1. The number of ether oxygens (including phenoxy) is 1. The van der Waals surface area contributed by atoms with E-state index in [4.69, 9.17) is 4.74 Å². The molecule has 0 radical (unpaired) electrons. The standard InChI is InChI=1S/C19H26N2O5/c1-19(2,3)26-18(25)20-14(11-22)9-8-12-6-5-7-13-10-15(17(23)24)21(4)16(12)13/h5-7,11,14-15H,8-10H2,1-4H3,(H,20,25)(H,23,24). The topological polar surface area (TPSA) is 95.9 Å². The molecule has 7 heteroatoms. The molecule has 7 nitrogen and oxygen atoms in total. The molecule has 2 unspecified atom stereocenters. The molecular weight excluding hydrogens is 336 g/mol. The minimum Gasteiger partial charge on any atom is -0.480 e. The van der Waals surface area contributed by atoms with Gasteiger partial charge >= 0.3 is 12.1 Å². The van der Waals surface area contributed by atoms with Crippen LogP contribution in [0, 0.1) is 0 Å². The molecule has 1 aromatic carbocycles. The highest BCUT2D eigenvalue weighted by Crippen LogP contribution is 2.35. The van der Waals surface area contributed by atoms with Crippen molar-refractivity contribution in [3.63, 3.8) is 0 Å². The van der Waals surface area contributed by atoms with E-state index >= 15 is 0 Å². The Balaban J connectivity index is 2.04. The Morgan fingerprint density at radius 3 is 2.69 bits per heavy atom. The van der Waals surface area contributed by atoms with Gasteiger partial charge in [-0.3, -0.25) is 0 Å². The fraction of sp³-hybridized carbons (Fsp3) is 0.526. The predicted octanol–water partition coefficient (Wildman–Crippen LogP) is 2.16. The maximum absolute atomic E-state index is 11.8. The van der Waals surface area contributed by atoms with E-state index in [9.17, 15) is 19.5 Å². The van der Waals surface area contributed by atoms with Crippen molar-refractivity contribution in [2.45, 2.75) is 57.7 Å². The second-order valence-corrected chi connectivity index (χ2v) is 7.52. The average Bonchev–Trinajstić information content (AvgIpc) is 2.87. The third kappa shape index (κ3) is 4.74. The van der Waals surface area contributed by atoms with Crippen molar-refractivity contribution in [1.82, 2.24) is 5.32 Å². The number of hydrogen-bond acceptors (Lipinski definition) is 5. The molecule has 0 aliphatic carbocycles. The number of para-hydroxylation sites is 1. The summed E-state index contributed by atoms with van der Waals surface area (Å²) in [4.78, 5) is 36.3. The second-order valence-electron chi connectivity index (χ2n) is 7.52. The number of nitrogens with zero attached hydrogens (tertiary/aromatic N) is 1. The minimum atomic E-state index is -0.855. The number of fused-ring (bicyclic) bond motifs is 1. The Morgan fingerprint density at radius 1 is 1.42 bits per heavy atom. The first-order valence-corrected chi connectivity index (χ1v) is 8.63. The Morgan fingerprint density at radius 2 is 2.12 bits per heavy atom.